The third-order valence-corrected chi connectivity index (χ3v) is 4.67. The molecule has 6 heteroatoms. The van der Waals surface area contributed by atoms with Crippen LogP contribution in [0.3, 0.4) is 0 Å². The van der Waals surface area contributed by atoms with E-state index < -0.39 is 0 Å². The van der Waals surface area contributed by atoms with E-state index in [1.807, 2.05) is 12.1 Å². The smallest absolute Gasteiger partial charge is 0.293 e. The SMILES string of the molecule is C=CCc1ccc(CCn2ccnc(N3CCNCC3)c2=O)c(OC)c1. The lowest BCUT2D eigenvalue weighted by molar-refractivity contribution is 0.408. The van der Waals surface area contributed by atoms with Gasteiger partial charge in [0.15, 0.2) is 5.82 Å². The van der Waals surface area contributed by atoms with E-state index in [1.165, 1.54) is 5.56 Å². The maximum absolute atomic E-state index is 12.8. The van der Waals surface area contributed by atoms with E-state index >= 15 is 0 Å². The largest absolute Gasteiger partial charge is 0.496 e. The molecule has 0 radical (unpaired) electrons. The Bertz CT molecular complexity index is 810. The number of benzene rings is 1. The molecule has 1 fully saturated rings. The Kier molecular flexibility index (Phi) is 6.07. The third kappa shape index (κ3) is 4.14. The predicted octanol–water partition coefficient (Wildman–Crippen LogP) is 1.63. The van der Waals surface area contributed by atoms with Gasteiger partial charge in [-0.25, -0.2) is 4.98 Å². The van der Waals surface area contributed by atoms with E-state index in [1.54, 1.807) is 24.1 Å². The fraction of sp³-hybridized carbons (Fsp3) is 0.400. The Morgan fingerprint density at radius 2 is 2.15 bits per heavy atom. The van der Waals surface area contributed by atoms with Gasteiger partial charge >= 0.3 is 0 Å². The van der Waals surface area contributed by atoms with Crippen LogP contribution >= 0.6 is 0 Å². The topological polar surface area (TPSA) is 59.4 Å². The van der Waals surface area contributed by atoms with Crippen LogP contribution in [0.5, 0.6) is 5.75 Å². The van der Waals surface area contributed by atoms with Gasteiger partial charge in [-0.15, -0.1) is 6.58 Å². The molecule has 26 heavy (non-hydrogen) atoms. The molecule has 0 unspecified atom stereocenters. The lowest BCUT2D eigenvalue weighted by atomic mass is 10.1. The molecule has 1 N–H and O–H groups in total. The van der Waals surface area contributed by atoms with Crippen molar-refractivity contribution in [3.05, 3.63) is 64.7 Å². The zero-order valence-electron chi connectivity index (χ0n) is 15.3. The number of hydrogen-bond donors (Lipinski definition) is 1. The number of rotatable bonds is 7. The van der Waals surface area contributed by atoms with Crippen molar-refractivity contribution in [2.75, 3.05) is 38.2 Å². The van der Waals surface area contributed by atoms with Gasteiger partial charge in [0.05, 0.1) is 7.11 Å². The Hall–Kier alpha value is -2.60. The summed E-state index contributed by atoms with van der Waals surface area (Å²) < 4.78 is 7.26. The van der Waals surface area contributed by atoms with Crippen LogP contribution in [0.4, 0.5) is 5.82 Å². The summed E-state index contributed by atoms with van der Waals surface area (Å²) in [5, 5.41) is 3.29. The van der Waals surface area contributed by atoms with Gasteiger partial charge < -0.3 is 19.5 Å². The molecule has 1 aliphatic rings. The third-order valence-electron chi connectivity index (χ3n) is 4.67. The highest BCUT2D eigenvalue weighted by molar-refractivity contribution is 5.39. The Morgan fingerprint density at radius 1 is 1.35 bits per heavy atom. The zero-order chi connectivity index (χ0) is 18.4. The first-order valence-electron chi connectivity index (χ1n) is 9.00. The van der Waals surface area contributed by atoms with Gasteiger partial charge in [0.2, 0.25) is 0 Å². The van der Waals surface area contributed by atoms with E-state index in [-0.39, 0.29) is 5.56 Å². The molecule has 2 aromatic rings. The Morgan fingerprint density at radius 3 is 2.88 bits per heavy atom. The van der Waals surface area contributed by atoms with Crippen LogP contribution in [0.1, 0.15) is 11.1 Å². The van der Waals surface area contributed by atoms with Gasteiger partial charge in [-0.05, 0) is 30.0 Å². The normalized spacial score (nSPS) is 14.3. The van der Waals surface area contributed by atoms with Gasteiger partial charge in [-0.2, -0.15) is 0 Å². The van der Waals surface area contributed by atoms with Crippen molar-refractivity contribution in [2.24, 2.45) is 0 Å². The minimum Gasteiger partial charge on any atom is -0.496 e. The van der Waals surface area contributed by atoms with Gasteiger partial charge in [-0.1, -0.05) is 18.2 Å². The lowest BCUT2D eigenvalue weighted by Crippen LogP contribution is -2.46. The number of aryl methyl sites for hydroxylation is 2. The second-order valence-corrected chi connectivity index (χ2v) is 6.38. The van der Waals surface area contributed by atoms with E-state index in [0.717, 1.165) is 50.3 Å². The molecule has 0 bridgehead atoms. The molecule has 0 amide bonds. The number of methoxy groups -OCH3 is 1. The first-order chi connectivity index (χ1) is 12.7. The molecule has 1 aromatic carbocycles. The van der Waals surface area contributed by atoms with Crippen LogP contribution in [0.2, 0.25) is 0 Å². The van der Waals surface area contributed by atoms with Gasteiger partial charge in [0.1, 0.15) is 5.75 Å². The maximum Gasteiger partial charge on any atom is 0.293 e. The molecule has 0 atom stereocenters. The van der Waals surface area contributed by atoms with Crippen LogP contribution in [-0.4, -0.2) is 42.8 Å². The van der Waals surface area contributed by atoms with Crippen molar-refractivity contribution < 1.29 is 4.74 Å². The lowest BCUT2D eigenvalue weighted by Gasteiger charge is -2.27. The van der Waals surface area contributed by atoms with Crippen molar-refractivity contribution in [2.45, 2.75) is 19.4 Å². The molecule has 1 aliphatic heterocycles. The fourth-order valence-corrected chi connectivity index (χ4v) is 3.24. The van der Waals surface area contributed by atoms with Crippen molar-refractivity contribution in [3.63, 3.8) is 0 Å². The number of anilines is 1. The van der Waals surface area contributed by atoms with E-state index in [9.17, 15) is 4.79 Å². The van der Waals surface area contributed by atoms with Crippen molar-refractivity contribution in [1.82, 2.24) is 14.9 Å². The summed E-state index contributed by atoms with van der Waals surface area (Å²) in [6.45, 7) is 7.75. The van der Waals surface area contributed by atoms with Crippen molar-refractivity contribution in [1.29, 1.82) is 0 Å². The molecule has 0 saturated carbocycles. The quantitative estimate of drug-likeness (QED) is 0.766. The average Bonchev–Trinajstić information content (AvgIpc) is 2.68. The Labute approximate surface area is 154 Å². The van der Waals surface area contributed by atoms with Crippen LogP contribution in [0.15, 0.2) is 48.0 Å². The first kappa shape index (κ1) is 18.2. The molecule has 3 rings (SSSR count). The second kappa shape index (κ2) is 8.67. The average molecular weight is 354 g/mol. The van der Waals surface area contributed by atoms with Crippen LogP contribution in [0.25, 0.3) is 0 Å². The van der Waals surface area contributed by atoms with Crippen molar-refractivity contribution in [3.8, 4) is 5.75 Å². The number of nitrogens with zero attached hydrogens (tertiary/aromatic N) is 3. The molecular weight excluding hydrogens is 328 g/mol. The number of ether oxygens (including phenoxy) is 1. The number of hydrogen-bond acceptors (Lipinski definition) is 5. The molecule has 1 aromatic heterocycles. The summed E-state index contributed by atoms with van der Waals surface area (Å²) in [6, 6.07) is 6.20. The molecule has 138 valence electrons. The van der Waals surface area contributed by atoms with E-state index in [0.29, 0.717) is 12.4 Å². The van der Waals surface area contributed by atoms with Crippen molar-refractivity contribution >= 4 is 5.82 Å². The molecule has 2 heterocycles. The molecule has 0 aliphatic carbocycles. The highest BCUT2D eigenvalue weighted by atomic mass is 16.5. The summed E-state index contributed by atoms with van der Waals surface area (Å²) in [7, 11) is 1.68. The summed E-state index contributed by atoms with van der Waals surface area (Å²) in [5.41, 5.74) is 2.23. The zero-order valence-corrected chi connectivity index (χ0v) is 15.3. The van der Waals surface area contributed by atoms with Crippen LogP contribution in [-0.2, 0) is 19.4 Å². The summed E-state index contributed by atoms with van der Waals surface area (Å²) in [6.07, 6.45) is 6.88. The highest BCUT2D eigenvalue weighted by Crippen LogP contribution is 2.21. The van der Waals surface area contributed by atoms with Crippen LogP contribution < -0.4 is 20.5 Å². The summed E-state index contributed by atoms with van der Waals surface area (Å²) in [5.74, 6) is 1.40. The maximum atomic E-state index is 12.8. The number of nitrogens with one attached hydrogen (secondary N) is 1. The number of allylic oxidation sites excluding steroid dienone is 1. The standard InChI is InChI=1S/C20H26N4O2/c1-3-4-16-5-6-17(18(15-16)26-2)7-11-24-14-10-22-19(20(24)25)23-12-8-21-9-13-23/h3,5-6,10,14-15,21H,1,4,7-9,11-13H2,2H3. The summed E-state index contributed by atoms with van der Waals surface area (Å²) in [4.78, 5) is 19.1. The number of piperazine rings is 1. The fourth-order valence-electron chi connectivity index (χ4n) is 3.24. The summed E-state index contributed by atoms with van der Waals surface area (Å²) >= 11 is 0. The molecule has 6 nitrogen and oxygen atoms in total. The minimum absolute atomic E-state index is 0.0309. The van der Waals surface area contributed by atoms with E-state index in [2.05, 4.69) is 33.9 Å². The predicted molar refractivity (Wildman–Crippen MR) is 104 cm³/mol. The molecule has 0 spiro atoms. The first-order valence-corrected chi connectivity index (χ1v) is 9.00. The minimum atomic E-state index is -0.0309. The number of aromatic nitrogens is 2. The van der Waals surface area contributed by atoms with E-state index in [4.69, 9.17) is 4.74 Å². The molecule has 1 saturated heterocycles. The van der Waals surface area contributed by atoms with Crippen LogP contribution in [0, 0.1) is 0 Å². The second-order valence-electron chi connectivity index (χ2n) is 6.38. The van der Waals surface area contributed by atoms with Gasteiger partial charge in [0.25, 0.3) is 5.56 Å². The monoisotopic (exact) mass is 354 g/mol. The van der Waals surface area contributed by atoms with Gasteiger partial charge in [-0.3, -0.25) is 4.79 Å². The Balaban J connectivity index is 1.75. The van der Waals surface area contributed by atoms with Gasteiger partial charge in [0, 0.05) is 45.1 Å². The molecular formula is C20H26N4O2. The highest BCUT2D eigenvalue weighted by Gasteiger charge is 2.16.